The lowest BCUT2D eigenvalue weighted by atomic mass is 10.1. The van der Waals surface area contributed by atoms with Crippen molar-refractivity contribution in [3.63, 3.8) is 0 Å². The van der Waals surface area contributed by atoms with E-state index in [9.17, 15) is 9.59 Å². The summed E-state index contributed by atoms with van der Waals surface area (Å²) in [6, 6.07) is 9.49. The van der Waals surface area contributed by atoms with Crippen molar-refractivity contribution in [2.75, 3.05) is 18.5 Å². The number of amides is 1. The number of halogens is 2. The molecule has 0 aliphatic heterocycles. The van der Waals surface area contributed by atoms with Crippen LogP contribution in [0.5, 0.6) is 5.75 Å². The second-order valence-corrected chi connectivity index (χ2v) is 7.60. The highest BCUT2D eigenvalue weighted by Gasteiger charge is 2.15. The van der Waals surface area contributed by atoms with E-state index >= 15 is 0 Å². The molecule has 0 aromatic heterocycles. The maximum Gasteiger partial charge on any atom is 0.338 e. The van der Waals surface area contributed by atoms with Gasteiger partial charge in [0, 0.05) is 11.3 Å². The number of anilines is 1. The maximum atomic E-state index is 12.6. The smallest absolute Gasteiger partial charge is 0.338 e. The molecule has 2 aromatic rings. The highest BCUT2D eigenvalue weighted by molar-refractivity contribution is 6.37. The molecule has 30 heavy (non-hydrogen) atoms. The van der Waals surface area contributed by atoms with Crippen molar-refractivity contribution in [2.24, 2.45) is 0 Å². The summed E-state index contributed by atoms with van der Waals surface area (Å²) in [7, 11) is 0. The maximum absolute atomic E-state index is 12.6. The molecule has 0 unspecified atom stereocenters. The van der Waals surface area contributed by atoms with Crippen molar-refractivity contribution < 1.29 is 19.1 Å². The van der Waals surface area contributed by atoms with Crippen molar-refractivity contribution in [3.8, 4) is 5.75 Å². The van der Waals surface area contributed by atoms with Gasteiger partial charge in [-0.3, -0.25) is 4.79 Å². The highest BCUT2D eigenvalue weighted by atomic mass is 35.5. The first kappa shape index (κ1) is 24.0. The van der Waals surface area contributed by atoms with Crippen LogP contribution in [0.1, 0.15) is 66.7 Å². The molecule has 0 aliphatic carbocycles. The molecule has 0 saturated heterocycles. The number of carbonyl (C=O) groups excluding carboxylic acids is 2. The zero-order chi connectivity index (χ0) is 21.9. The van der Waals surface area contributed by atoms with Crippen LogP contribution >= 0.6 is 23.2 Å². The number of hydrogen-bond acceptors (Lipinski definition) is 4. The number of unbranched alkanes of at least 4 members (excludes halogenated alkanes) is 4. The van der Waals surface area contributed by atoms with Crippen LogP contribution in [0.3, 0.4) is 0 Å². The third-order valence-electron chi connectivity index (χ3n) is 4.41. The molecule has 0 heterocycles. The van der Waals surface area contributed by atoms with E-state index in [0.717, 1.165) is 12.8 Å². The van der Waals surface area contributed by atoms with Gasteiger partial charge in [-0.05, 0) is 49.7 Å². The lowest BCUT2D eigenvalue weighted by Crippen LogP contribution is -2.12. The molecule has 0 atom stereocenters. The fourth-order valence-electron chi connectivity index (χ4n) is 2.82. The zero-order valence-corrected chi connectivity index (χ0v) is 18.8. The first-order valence-electron chi connectivity index (χ1n) is 10.2. The summed E-state index contributed by atoms with van der Waals surface area (Å²) in [5.41, 5.74) is 1.26. The highest BCUT2D eigenvalue weighted by Crippen LogP contribution is 2.34. The summed E-state index contributed by atoms with van der Waals surface area (Å²) < 4.78 is 10.7. The monoisotopic (exact) mass is 451 g/mol. The van der Waals surface area contributed by atoms with Gasteiger partial charge in [-0.25, -0.2) is 4.79 Å². The van der Waals surface area contributed by atoms with Crippen molar-refractivity contribution >= 4 is 40.8 Å². The Balaban J connectivity index is 1.97. The number of rotatable bonds is 11. The van der Waals surface area contributed by atoms with E-state index in [0.29, 0.717) is 45.8 Å². The molecule has 2 rings (SSSR count). The number of esters is 1. The SMILES string of the molecule is CCCCCCCOc1c(Cl)cc(C(=O)Nc2ccc(C(=O)OCC)cc2)cc1Cl. The summed E-state index contributed by atoms with van der Waals surface area (Å²) in [4.78, 5) is 24.2. The Hall–Kier alpha value is -2.24. The average Bonchev–Trinajstić information content (AvgIpc) is 2.72. The van der Waals surface area contributed by atoms with E-state index in [-0.39, 0.29) is 5.91 Å². The molecule has 7 heteroatoms. The summed E-state index contributed by atoms with van der Waals surface area (Å²) in [5, 5.41) is 3.33. The van der Waals surface area contributed by atoms with Crippen LogP contribution in [0.2, 0.25) is 10.0 Å². The van der Waals surface area contributed by atoms with Gasteiger partial charge in [0.25, 0.3) is 5.91 Å². The molecule has 1 N–H and O–H groups in total. The molecule has 2 aromatic carbocycles. The van der Waals surface area contributed by atoms with E-state index < -0.39 is 5.97 Å². The minimum Gasteiger partial charge on any atom is -0.490 e. The van der Waals surface area contributed by atoms with Gasteiger partial charge in [-0.1, -0.05) is 55.8 Å². The molecule has 0 radical (unpaired) electrons. The quantitative estimate of drug-likeness (QED) is 0.302. The van der Waals surface area contributed by atoms with E-state index in [1.54, 1.807) is 31.2 Å². The molecule has 1 amide bonds. The second-order valence-electron chi connectivity index (χ2n) is 6.78. The molecule has 5 nitrogen and oxygen atoms in total. The van der Waals surface area contributed by atoms with Gasteiger partial charge in [0.2, 0.25) is 0 Å². The summed E-state index contributed by atoms with van der Waals surface area (Å²) in [6.07, 6.45) is 5.62. The Labute approximate surface area is 187 Å². The van der Waals surface area contributed by atoms with Gasteiger partial charge < -0.3 is 14.8 Å². The third-order valence-corrected chi connectivity index (χ3v) is 4.97. The summed E-state index contributed by atoms with van der Waals surface area (Å²) in [5.74, 6) is -0.382. The van der Waals surface area contributed by atoms with E-state index in [2.05, 4.69) is 12.2 Å². The fraction of sp³-hybridized carbons (Fsp3) is 0.391. The second kappa shape index (κ2) is 12.5. The largest absolute Gasteiger partial charge is 0.490 e. The van der Waals surface area contributed by atoms with Crippen LogP contribution in [-0.4, -0.2) is 25.1 Å². The number of ether oxygens (including phenoxy) is 2. The fourth-order valence-corrected chi connectivity index (χ4v) is 3.41. The molecule has 162 valence electrons. The van der Waals surface area contributed by atoms with Gasteiger partial charge in [0.1, 0.15) is 0 Å². The Kier molecular flexibility index (Phi) is 9.98. The number of carbonyl (C=O) groups is 2. The molecular formula is C23H27Cl2NO4. The van der Waals surface area contributed by atoms with E-state index in [1.807, 2.05) is 0 Å². The minimum atomic E-state index is -0.408. The zero-order valence-electron chi connectivity index (χ0n) is 17.3. The summed E-state index contributed by atoms with van der Waals surface area (Å²) in [6.45, 7) is 4.75. The molecule has 0 spiro atoms. The molecule has 0 saturated carbocycles. The number of hydrogen-bond donors (Lipinski definition) is 1. The van der Waals surface area contributed by atoms with Crippen LogP contribution in [0.25, 0.3) is 0 Å². The summed E-state index contributed by atoms with van der Waals surface area (Å²) >= 11 is 12.6. The van der Waals surface area contributed by atoms with Crippen LogP contribution < -0.4 is 10.1 Å². The third kappa shape index (κ3) is 7.22. The van der Waals surface area contributed by atoms with E-state index in [4.69, 9.17) is 32.7 Å². The van der Waals surface area contributed by atoms with Gasteiger partial charge >= 0.3 is 5.97 Å². The predicted molar refractivity (Wildman–Crippen MR) is 121 cm³/mol. The minimum absolute atomic E-state index is 0.291. The topological polar surface area (TPSA) is 64.6 Å². The first-order valence-corrected chi connectivity index (χ1v) is 10.9. The van der Waals surface area contributed by atoms with Crippen LogP contribution in [0.15, 0.2) is 36.4 Å². The Morgan fingerprint density at radius 2 is 1.53 bits per heavy atom. The lowest BCUT2D eigenvalue weighted by molar-refractivity contribution is 0.0526. The number of benzene rings is 2. The standard InChI is InChI=1S/C23H27Cl2NO4/c1-3-5-6-7-8-13-30-21-19(24)14-17(15-20(21)25)22(27)26-18-11-9-16(10-12-18)23(28)29-4-2/h9-12,14-15H,3-8,13H2,1-2H3,(H,26,27). The van der Waals surface area contributed by atoms with Crippen LogP contribution in [0.4, 0.5) is 5.69 Å². The van der Waals surface area contributed by atoms with E-state index in [1.165, 1.54) is 31.4 Å². The number of nitrogens with one attached hydrogen (secondary N) is 1. The van der Waals surface area contributed by atoms with Gasteiger partial charge in [-0.2, -0.15) is 0 Å². The molecule has 0 bridgehead atoms. The average molecular weight is 452 g/mol. The Morgan fingerprint density at radius 3 is 2.13 bits per heavy atom. The van der Waals surface area contributed by atoms with Crippen LogP contribution in [0, 0.1) is 0 Å². The van der Waals surface area contributed by atoms with Crippen molar-refractivity contribution in [2.45, 2.75) is 46.0 Å². The molecule has 0 aliphatic rings. The van der Waals surface area contributed by atoms with Crippen molar-refractivity contribution in [1.29, 1.82) is 0 Å². The Bertz CT molecular complexity index is 830. The van der Waals surface area contributed by atoms with Crippen molar-refractivity contribution in [1.82, 2.24) is 0 Å². The lowest BCUT2D eigenvalue weighted by Gasteiger charge is -2.12. The van der Waals surface area contributed by atoms with Gasteiger partial charge in [0.15, 0.2) is 5.75 Å². The first-order chi connectivity index (χ1) is 14.5. The van der Waals surface area contributed by atoms with Gasteiger partial charge in [-0.15, -0.1) is 0 Å². The van der Waals surface area contributed by atoms with Crippen molar-refractivity contribution in [3.05, 3.63) is 57.6 Å². The predicted octanol–water partition coefficient (Wildman–Crippen LogP) is 6.77. The molecular weight excluding hydrogens is 425 g/mol. The van der Waals surface area contributed by atoms with Gasteiger partial charge in [0.05, 0.1) is 28.8 Å². The Morgan fingerprint density at radius 1 is 0.900 bits per heavy atom. The normalized spacial score (nSPS) is 10.5. The van der Waals surface area contributed by atoms with Crippen LogP contribution in [-0.2, 0) is 4.74 Å². The molecule has 0 fully saturated rings.